The van der Waals surface area contributed by atoms with Gasteiger partial charge in [-0.3, -0.25) is 14.4 Å². The smallest absolute Gasteiger partial charge is 0.407 e. The van der Waals surface area contributed by atoms with Crippen LogP contribution in [0, 0.1) is 5.92 Å². The molecule has 0 saturated carbocycles. The molecule has 1 aromatic carbocycles. The summed E-state index contributed by atoms with van der Waals surface area (Å²) in [5.74, 6) is -0.0599. The number of nitrogens with zero attached hydrogens (tertiary/aromatic N) is 4. The van der Waals surface area contributed by atoms with E-state index >= 15 is 0 Å². The average molecular weight is 791 g/mol. The number of carbonyl (C=O) groups excluding carboxylic acids is 4. The number of aromatic nitrogens is 4. The predicted molar refractivity (Wildman–Crippen MR) is 221 cm³/mol. The summed E-state index contributed by atoms with van der Waals surface area (Å²) in [6, 6.07) is 8.14. The first-order chi connectivity index (χ1) is 26.6. The fraction of sp³-hybridized carbons (Fsp3) is 0.450. The number of aromatic amines is 2. The normalized spacial score (nSPS) is 13.9. The van der Waals surface area contributed by atoms with Gasteiger partial charge in [0.05, 0.1) is 59.5 Å². The lowest BCUT2D eigenvalue weighted by molar-refractivity contribution is -0.133. The zero-order chi connectivity index (χ0) is 39.7. The maximum Gasteiger partial charge on any atom is 0.407 e. The van der Waals surface area contributed by atoms with Crippen molar-refractivity contribution in [1.29, 1.82) is 0 Å². The summed E-state index contributed by atoms with van der Waals surface area (Å²) in [6.07, 6.45) is 12.1. The monoisotopic (exact) mass is 790 g/mol. The van der Waals surface area contributed by atoms with Crippen LogP contribution in [0.3, 0.4) is 0 Å². The van der Waals surface area contributed by atoms with E-state index in [2.05, 4.69) is 84.2 Å². The predicted octanol–water partition coefficient (Wildman–Crippen LogP) is 7.56. The molecular weight excluding hydrogens is 737 g/mol. The Hall–Kier alpha value is -5.02. The molecule has 15 heteroatoms. The highest BCUT2D eigenvalue weighted by molar-refractivity contribution is 7.27. The molecule has 2 fully saturated rings. The lowest BCUT2D eigenvalue weighted by atomic mass is 10.0. The van der Waals surface area contributed by atoms with Gasteiger partial charge in [-0.05, 0) is 42.7 Å². The van der Waals surface area contributed by atoms with E-state index in [0.29, 0.717) is 0 Å². The van der Waals surface area contributed by atoms with Crippen molar-refractivity contribution in [1.82, 2.24) is 40.4 Å². The fourth-order valence-electron chi connectivity index (χ4n) is 5.96. The van der Waals surface area contributed by atoms with Crippen LogP contribution in [-0.2, 0) is 19.1 Å². The first-order valence-electron chi connectivity index (χ1n) is 18.8. The number of rotatable bonds is 8. The third kappa shape index (κ3) is 12.2. The molecule has 1 unspecified atom stereocenters. The average Bonchev–Trinajstić information content (AvgIpc) is 4.04. The largest absolute Gasteiger partial charge is 0.453 e. The van der Waals surface area contributed by atoms with Crippen LogP contribution in [0.5, 0.6) is 0 Å². The molecular formula is C40H54N8O5S2. The first-order valence-corrected chi connectivity index (χ1v) is 20.6. The number of nitrogens with one attached hydrogen (secondary N) is 4. The van der Waals surface area contributed by atoms with E-state index in [0.717, 1.165) is 68.8 Å². The number of alkyl carbamates (subject to hydrolysis) is 1. The number of imidazole rings is 2. The number of thiophene rings is 2. The van der Waals surface area contributed by atoms with E-state index in [9.17, 15) is 19.2 Å². The van der Waals surface area contributed by atoms with E-state index in [1.54, 1.807) is 45.1 Å². The van der Waals surface area contributed by atoms with Crippen molar-refractivity contribution < 1.29 is 23.9 Å². The summed E-state index contributed by atoms with van der Waals surface area (Å²) in [7, 11) is 1.30. The topological polar surface area (TPSA) is 165 Å². The highest BCUT2D eigenvalue weighted by atomic mass is 32.1. The lowest BCUT2D eigenvalue weighted by Crippen LogP contribution is -2.50. The third-order valence-electron chi connectivity index (χ3n) is 8.83. The zero-order valence-corrected chi connectivity index (χ0v) is 34.3. The molecule has 4 aromatic heterocycles. The third-order valence-corrected chi connectivity index (χ3v) is 11.0. The van der Waals surface area contributed by atoms with E-state index in [1.807, 2.05) is 26.2 Å². The highest BCUT2D eigenvalue weighted by Gasteiger charge is 2.30. The van der Waals surface area contributed by atoms with Gasteiger partial charge in [-0.15, -0.1) is 22.7 Å². The molecule has 1 atom stereocenters. The number of fused-ring (bicyclic) bond motifs is 1. The van der Waals surface area contributed by atoms with Gasteiger partial charge in [0.1, 0.15) is 6.04 Å². The van der Waals surface area contributed by atoms with Crippen molar-refractivity contribution >= 4 is 55.9 Å². The van der Waals surface area contributed by atoms with Gasteiger partial charge in [-0.2, -0.15) is 0 Å². The number of benzene rings is 1. The summed E-state index contributed by atoms with van der Waals surface area (Å²) >= 11 is 3.58. The molecule has 2 saturated heterocycles. The van der Waals surface area contributed by atoms with Gasteiger partial charge >= 0.3 is 6.09 Å². The highest BCUT2D eigenvalue weighted by Crippen LogP contribution is 2.43. The Bertz CT molecular complexity index is 1910. The van der Waals surface area contributed by atoms with E-state index in [4.69, 9.17) is 0 Å². The Balaban J connectivity index is 0.000000189. The maximum atomic E-state index is 12.1. The van der Waals surface area contributed by atoms with Gasteiger partial charge in [-0.25, -0.2) is 14.8 Å². The summed E-state index contributed by atoms with van der Waals surface area (Å²) in [6.45, 7) is 12.9. The Morgan fingerprint density at radius 3 is 1.82 bits per heavy atom. The summed E-state index contributed by atoms with van der Waals surface area (Å²) < 4.78 is 7.17. The summed E-state index contributed by atoms with van der Waals surface area (Å²) in [5.41, 5.74) is 7.02. The van der Waals surface area contributed by atoms with Gasteiger partial charge < -0.3 is 35.1 Å². The number of methoxy groups -OCH3 is 1. The van der Waals surface area contributed by atoms with Gasteiger partial charge in [-0.1, -0.05) is 58.4 Å². The number of ether oxygens (including phenoxy) is 1. The molecule has 2 aliphatic heterocycles. The maximum absolute atomic E-state index is 12.1. The van der Waals surface area contributed by atoms with Crippen LogP contribution in [0.25, 0.3) is 43.0 Å². The van der Waals surface area contributed by atoms with Crippen LogP contribution >= 0.6 is 22.7 Å². The van der Waals surface area contributed by atoms with Crippen LogP contribution < -0.4 is 10.6 Å². The van der Waals surface area contributed by atoms with Crippen molar-refractivity contribution in [3.8, 4) is 33.6 Å². The number of hydrogen-bond acceptors (Lipinski definition) is 9. The molecule has 5 aromatic rings. The second-order valence-corrected chi connectivity index (χ2v) is 15.3. The Labute approximate surface area is 331 Å². The number of hydrogen-bond donors (Lipinski definition) is 4. The van der Waals surface area contributed by atoms with Gasteiger partial charge in [0.15, 0.2) is 0 Å². The second-order valence-electron chi connectivity index (χ2n) is 13.6. The van der Waals surface area contributed by atoms with E-state index in [1.165, 1.54) is 46.5 Å². The number of H-pyrrole nitrogens is 2. The molecule has 2 aliphatic rings. The Morgan fingerprint density at radius 1 is 0.800 bits per heavy atom. The minimum atomic E-state index is -0.550. The molecule has 6 heterocycles. The van der Waals surface area contributed by atoms with Gasteiger partial charge in [0, 0.05) is 55.0 Å². The Kier molecular flexibility index (Phi) is 16.9. The van der Waals surface area contributed by atoms with Crippen LogP contribution in [0.1, 0.15) is 66.7 Å². The van der Waals surface area contributed by atoms with Gasteiger partial charge in [0.2, 0.25) is 17.7 Å². The summed E-state index contributed by atoms with van der Waals surface area (Å²) in [5, 5.41) is 9.53. The van der Waals surface area contributed by atoms with Crippen LogP contribution in [0.15, 0.2) is 60.1 Å². The zero-order valence-electron chi connectivity index (χ0n) is 32.6. The first kappa shape index (κ1) is 42.7. The molecule has 4 amide bonds. The number of likely N-dealkylation sites (tertiary alicyclic amines) is 2. The van der Waals surface area contributed by atoms with Crippen LogP contribution in [-0.4, -0.2) is 99.4 Å². The molecule has 7 rings (SSSR count). The van der Waals surface area contributed by atoms with Crippen molar-refractivity contribution in [3.05, 3.63) is 60.1 Å². The summed E-state index contributed by atoms with van der Waals surface area (Å²) in [4.78, 5) is 63.1. The van der Waals surface area contributed by atoms with Crippen molar-refractivity contribution in [2.24, 2.45) is 5.92 Å². The van der Waals surface area contributed by atoms with Crippen LogP contribution in [0.4, 0.5) is 4.79 Å². The van der Waals surface area contributed by atoms with Gasteiger partial charge in [0.25, 0.3) is 0 Å². The molecule has 13 nitrogen and oxygen atoms in total. The van der Waals surface area contributed by atoms with E-state index in [-0.39, 0.29) is 30.2 Å². The molecule has 0 radical (unpaired) electrons. The van der Waals surface area contributed by atoms with E-state index < -0.39 is 12.1 Å². The molecule has 55 heavy (non-hydrogen) atoms. The molecule has 4 N–H and O–H groups in total. The van der Waals surface area contributed by atoms with Crippen molar-refractivity contribution in [3.63, 3.8) is 0 Å². The second kappa shape index (κ2) is 21.8. The quantitative estimate of drug-likeness (QED) is 0.126. The SMILES string of the molecule is CC(=O)NCC(=O)N1CCCC1.CCC.COC(=O)NC(C(=O)N1CCCC1)C(C)C.c1ncc(-c2ccc(-c3csc4c(-c5cnc[nH]5)csc34)cc2)[nH]1. The Morgan fingerprint density at radius 2 is 1.31 bits per heavy atom. The standard InChI is InChI=1S/C18H12N4S2.C11H20N2O3.C8H14N2O2.C3H8/c1-3-12(15-5-19-9-21-15)4-2-11(1)13-7-23-18-14(8-24-17(13)18)16-6-20-10-22-16;1-8(2)9(12-11(15)16-3)10(14)13-6-4-5-7-13;1-7(11)9-6-8(12)10-4-2-3-5-10;1-3-2/h1-10H,(H,19,21)(H,20,22);8-9H,4-7H2,1-3H3,(H,12,15);2-6H2,1H3,(H,9,11);3H2,1-2H3. The molecule has 0 bridgehead atoms. The van der Waals surface area contributed by atoms with Crippen molar-refractivity contribution in [2.75, 3.05) is 39.8 Å². The molecule has 0 spiro atoms. The fourth-order valence-corrected chi connectivity index (χ4v) is 8.41. The number of amides is 4. The lowest BCUT2D eigenvalue weighted by Gasteiger charge is -2.26. The van der Waals surface area contributed by atoms with Crippen LogP contribution in [0.2, 0.25) is 0 Å². The minimum Gasteiger partial charge on any atom is -0.453 e. The molecule has 0 aliphatic carbocycles. The van der Waals surface area contributed by atoms with Crippen molar-refractivity contribution in [2.45, 2.75) is 72.8 Å². The molecule has 296 valence electrons. The number of carbonyl (C=O) groups is 4. The minimum absolute atomic E-state index is 0.00194.